The molecule has 0 aliphatic heterocycles. The van der Waals surface area contributed by atoms with Crippen molar-refractivity contribution in [2.45, 2.75) is 334 Å². The lowest BCUT2D eigenvalue weighted by Crippen LogP contribution is -2.30. The number of hydrogen-bond acceptors (Lipinski definition) is 14. The molecule has 16 nitrogen and oxygen atoms in total. The number of carbonyl (C=O) groups excluding carboxylic acids is 3. The Bertz CT molecular complexity index is 2290. The molecule has 0 bridgehead atoms. The van der Waals surface area contributed by atoms with E-state index in [0.29, 0.717) is 25.7 Å². The quantitative estimate of drug-likeness (QED) is 0.0146. The van der Waals surface area contributed by atoms with Gasteiger partial charge in [0.25, 0.3) is 0 Å². The van der Waals surface area contributed by atoms with E-state index in [1.54, 1.807) is 0 Å². The predicted octanol–water partition coefficient (Wildman–Crippen LogP) is 22.5. The number of carbonyl (C=O) groups is 3. The zero-order valence-electron chi connectivity index (χ0n) is 62.1. The Hall–Kier alpha value is -4.05. The molecule has 0 aromatic carbocycles. The molecule has 4 N–H and O–H groups in total. The third kappa shape index (κ3) is 74.9. The second kappa shape index (κ2) is 73.7. The van der Waals surface area contributed by atoms with Gasteiger partial charge in [0, 0.05) is 19.3 Å². The topological polar surface area (TPSA) is 231 Å². The van der Waals surface area contributed by atoms with Crippen LogP contribution >= 0.6 is 15.6 Å². The fourth-order valence-electron chi connectivity index (χ4n) is 10.3. The molecular formula is C81H140O16P2. The van der Waals surface area contributed by atoms with Gasteiger partial charge in [-0.2, -0.15) is 0 Å². The van der Waals surface area contributed by atoms with Gasteiger partial charge in [-0.3, -0.25) is 32.5 Å². The Kier molecular flexibility index (Phi) is 70.7. The lowest BCUT2D eigenvalue weighted by molar-refractivity contribution is -0.161. The molecule has 0 heterocycles. The minimum Gasteiger partial charge on any atom is -0.463 e. The lowest BCUT2D eigenvalue weighted by atomic mass is 10.0. The molecule has 0 aliphatic carbocycles. The summed E-state index contributed by atoms with van der Waals surface area (Å²) in [5.41, 5.74) is 0. The third-order valence-electron chi connectivity index (χ3n) is 16.2. The molecule has 18 heteroatoms. The summed E-state index contributed by atoms with van der Waals surface area (Å²) < 4.78 is 61.0. The van der Waals surface area contributed by atoms with Crippen molar-refractivity contribution in [1.29, 1.82) is 0 Å². The molecule has 0 saturated heterocycles. The Morgan fingerprint density at radius 1 is 0.293 bits per heavy atom. The number of aliphatic hydroxyl groups is 2. The maximum absolute atomic E-state index is 12.9. The summed E-state index contributed by atoms with van der Waals surface area (Å²) >= 11 is 0. The van der Waals surface area contributed by atoms with Crippen molar-refractivity contribution in [2.24, 2.45) is 0 Å². The fourth-order valence-corrected chi connectivity index (χ4v) is 11.9. The van der Waals surface area contributed by atoms with Crippen LogP contribution in [0.3, 0.4) is 0 Å². The van der Waals surface area contributed by atoms with Crippen molar-refractivity contribution in [1.82, 2.24) is 0 Å². The summed E-state index contributed by atoms with van der Waals surface area (Å²) in [6.07, 6.45) is 87.1. The highest BCUT2D eigenvalue weighted by Gasteiger charge is 2.29. The molecule has 0 radical (unpaired) electrons. The first-order valence-corrected chi connectivity index (χ1v) is 41.8. The van der Waals surface area contributed by atoms with E-state index < -0.39 is 91.5 Å². The van der Waals surface area contributed by atoms with Crippen molar-refractivity contribution in [3.05, 3.63) is 122 Å². The number of phosphoric acid groups is 2. The first-order chi connectivity index (χ1) is 48.2. The van der Waals surface area contributed by atoms with Crippen LogP contribution in [0.15, 0.2) is 122 Å². The van der Waals surface area contributed by atoms with Gasteiger partial charge in [-0.25, -0.2) is 9.13 Å². The molecule has 5 unspecified atom stereocenters. The van der Waals surface area contributed by atoms with Crippen LogP contribution in [-0.4, -0.2) is 95.9 Å². The standard InChI is InChI=1S/C81H140O16P2/c1-4-7-10-13-16-19-22-25-27-29-31-32-33-34-35-36-37-38-39-40-41-42-44-46-47-50-52-55-58-61-64-67-79(84)91-70-76(82)71-93-98(87,88)94-72-77(83)73-95-99(89,90)96-75-78(97-81(86)69-66-63-60-57-54-49-24-21-18-15-12-9-6-3)74-92-80(85)68-65-62-59-56-53-51-48-45-43-30-28-26-23-20-17-14-11-8-5-2/h8,11,16-17,19-20,25-28,31-32,34-35,43,45,51,53,59,62,76-78,82-83H,4-7,9-10,12-15,18,21-24,29-30,33,36-42,44,46-50,52,54-58,60-61,63-75H2,1-3H3,(H,87,88)(H,89,90)/b11-8-,19-16-,20-17-,27-25-,28-26-,32-31-,35-34-,45-43-,53-51-,62-59-. The van der Waals surface area contributed by atoms with Crippen LogP contribution in [0.4, 0.5) is 0 Å². The minimum absolute atomic E-state index is 0.0453. The molecule has 0 fully saturated rings. The summed E-state index contributed by atoms with van der Waals surface area (Å²) in [5.74, 6) is -1.67. The molecule has 0 amide bonds. The van der Waals surface area contributed by atoms with Crippen LogP contribution in [0.2, 0.25) is 0 Å². The Morgan fingerprint density at radius 3 is 0.929 bits per heavy atom. The van der Waals surface area contributed by atoms with Crippen LogP contribution in [0, 0.1) is 0 Å². The van der Waals surface area contributed by atoms with Gasteiger partial charge >= 0.3 is 33.6 Å². The predicted molar refractivity (Wildman–Crippen MR) is 408 cm³/mol. The maximum Gasteiger partial charge on any atom is 0.472 e. The van der Waals surface area contributed by atoms with E-state index in [4.69, 9.17) is 32.3 Å². The van der Waals surface area contributed by atoms with Crippen LogP contribution in [0.5, 0.6) is 0 Å². The number of aliphatic hydroxyl groups excluding tert-OH is 2. The van der Waals surface area contributed by atoms with E-state index in [0.717, 1.165) is 96.3 Å². The van der Waals surface area contributed by atoms with Crippen molar-refractivity contribution in [3.63, 3.8) is 0 Å². The zero-order valence-corrected chi connectivity index (χ0v) is 63.9. The van der Waals surface area contributed by atoms with Crippen LogP contribution in [-0.2, 0) is 55.8 Å². The molecule has 0 saturated carbocycles. The third-order valence-corrected chi connectivity index (χ3v) is 18.1. The van der Waals surface area contributed by atoms with Crippen molar-refractivity contribution >= 4 is 33.6 Å². The van der Waals surface area contributed by atoms with Gasteiger partial charge in [-0.1, -0.05) is 316 Å². The second-order valence-electron chi connectivity index (χ2n) is 25.8. The van der Waals surface area contributed by atoms with Crippen molar-refractivity contribution in [2.75, 3.05) is 39.6 Å². The van der Waals surface area contributed by atoms with Gasteiger partial charge in [0.05, 0.1) is 26.4 Å². The van der Waals surface area contributed by atoms with Gasteiger partial charge in [-0.05, 0) is 103 Å². The van der Waals surface area contributed by atoms with Crippen LogP contribution < -0.4 is 0 Å². The molecular weight excluding hydrogens is 1290 g/mol. The average molecular weight is 1430 g/mol. The number of allylic oxidation sites excluding steroid dienone is 20. The number of ether oxygens (including phenoxy) is 3. The smallest absolute Gasteiger partial charge is 0.463 e. The van der Waals surface area contributed by atoms with Gasteiger partial charge in [-0.15, -0.1) is 0 Å². The Morgan fingerprint density at radius 2 is 0.556 bits per heavy atom. The van der Waals surface area contributed by atoms with Crippen molar-refractivity contribution in [3.8, 4) is 0 Å². The first kappa shape index (κ1) is 94.9. The maximum atomic E-state index is 12.9. The van der Waals surface area contributed by atoms with E-state index in [9.17, 15) is 43.5 Å². The second-order valence-corrected chi connectivity index (χ2v) is 28.7. The normalized spacial score (nSPS) is 14.7. The monoisotopic (exact) mass is 1430 g/mol. The van der Waals surface area contributed by atoms with E-state index in [1.807, 2.05) is 18.2 Å². The van der Waals surface area contributed by atoms with Gasteiger partial charge < -0.3 is 34.2 Å². The van der Waals surface area contributed by atoms with E-state index >= 15 is 0 Å². The molecule has 0 rings (SSSR count). The number of rotatable bonds is 73. The molecule has 0 aliphatic rings. The largest absolute Gasteiger partial charge is 0.472 e. The van der Waals surface area contributed by atoms with Gasteiger partial charge in [0.1, 0.15) is 25.4 Å². The minimum atomic E-state index is -4.94. The molecule has 0 aromatic heterocycles. The fraction of sp³-hybridized carbons (Fsp3) is 0.716. The molecule has 0 spiro atoms. The summed E-state index contributed by atoms with van der Waals surface area (Å²) in [6.45, 7) is 2.46. The Balaban J connectivity index is 4.48. The van der Waals surface area contributed by atoms with Crippen LogP contribution in [0.25, 0.3) is 0 Å². The first-order valence-electron chi connectivity index (χ1n) is 38.8. The molecule has 570 valence electrons. The summed E-state index contributed by atoms with van der Waals surface area (Å²) in [6, 6.07) is 0. The Labute approximate surface area is 602 Å². The van der Waals surface area contributed by atoms with Crippen molar-refractivity contribution < 1.29 is 75.8 Å². The lowest BCUT2D eigenvalue weighted by Gasteiger charge is -2.21. The van der Waals surface area contributed by atoms with E-state index in [1.165, 1.54) is 154 Å². The molecule has 0 aromatic rings. The number of unbranched alkanes of at least 4 members (excludes halogenated alkanes) is 30. The number of phosphoric ester groups is 2. The highest BCUT2D eigenvalue weighted by Crippen LogP contribution is 2.45. The molecule has 5 atom stereocenters. The van der Waals surface area contributed by atoms with Gasteiger partial charge in [0.15, 0.2) is 6.10 Å². The SMILES string of the molecule is CC/C=C\C/C=C\C/C=C\C/C=C\C/C=C\C/C=C\CCC(=O)OCC(COP(=O)(O)OCC(O)COP(=O)(O)OCC(O)COC(=O)CCCCCCCCCCCCCCCCC/C=C\C/C=C\C/C=C\C/C=C\CCCCC)OC(=O)CCCCCCCCCCCCCCC. The van der Waals surface area contributed by atoms with Crippen LogP contribution in [0.1, 0.15) is 316 Å². The zero-order chi connectivity index (χ0) is 72.3. The number of hydrogen-bond donors (Lipinski definition) is 4. The average Bonchev–Trinajstić information content (AvgIpc) is 1.06. The summed E-state index contributed by atoms with van der Waals surface area (Å²) in [4.78, 5) is 58.5. The highest BCUT2D eigenvalue weighted by molar-refractivity contribution is 7.47. The number of esters is 3. The van der Waals surface area contributed by atoms with E-state index in [-0.39, 0.29) is 19.3 Å². The summed E-state index contributed by atoms with van der Waals surface area (Å²) in [5, 5.41) is 20.6. The highest BCUT2D eigenvalue weighted by atomic mass is 31.2. The molecule has 99 heavy (non-hydrogen) atoms. The van der Waals surface area contributed by atoms with Gasteiger partial charge in [0.2, 0.25) is 0 Å². The van der Waals surface area contributed by atoms with E-state index in [2.05, 4.69) is 124 Å². The summed E-state index contributed by atoms with van der Waals surface area (Å²) in [7, 11) is -9.80.